The van der Waals surface area contributed by atoms with E-state index in [9.17, 15) is 18.0 Å². The van der Waals surface area contributed by atoms with Gasteiger partial charge >= 0.3 is 0 Å². The summed E-state index contributed by atoms with van der Waals surface area (Å²) in [5.74, 6) is -5.27. The second kappa shape index (κ2) is 5.58. The zero-order valence-electron chi connectivity index (χ0n) is 9.91. The number of carbonyl (C=O) groups excluding carboxylic acids is 1. The van der Waals surface area contributed by atoms with Crippen LogP contribution in [0.5, 0.6) is 0 Å². The van der Waals surface area contributed by atoms with Gasteiger partial charge in [0.1, 0.15) is 0 Å². The van der Waals surface area contributed by atoms with Gasteiger partial charge in [-0.1, -0.05) is 0 Å². The van der Waals surface area contributed by atoms with Gasteiger partial charge in [0.25, 0.3) is 5.91 Å². The number of aliphatic hydroxyl groups is 1. The van der Waals surface area contributed by atoms with Gasteiger partial charge in [-0.15, -0.1) is 0 Å². The summed E-state index contributed by atoms with van der Waals surface area (Å²) in [4.78, 5) is 13.2. The van der Waals surface area contributed by atoms with E-state index in [1.165, 1.54) is 4.90 Å². The van der Waals surface area contributed by atoms with Gasteiger partial charge in [0.2, 0.25) is 0 Å². The Bertz CT molecular complexity index is 495. The molecule has 1 heterocycles. The summed E-state index contributed by atoms with van der Waals surface area (Å²) in [6.45, 7) is 0.202. The minimum atomic E-state index is -1.67. The van der Waals surface area contributed by atoms with E-state index >= 15 is 0 Å². The van der Waals surface area contributed by atoms with E-state index in [1.807, 2.05) is 0 Å². The first kappa shape index (κ1) is 13.8. The molecule has 0 bridgehead atoms. The lowest BCUT2D eigenvalue weighted by molar-refractivity contribution is -0.0448. The number of rotatable bonds is 2. The molecule has 19 heavy (non-hydrogen) atoms. The first-order valence-electron chi connectivity index (χ1n) is 5.69. The molecule has 7 heteroatoms. The minimum absolute atomic E-state index is 0.0772. The van der Waals surface area contributed by atoms with Crippen molar-refractivity contribution in [3.8, 4) is 0 Å². The van der Waals surface area contributed by atoms with E-state index in [0.717, 1.165) is 6.07 Å². The zero-order valence-corrected chi connectivity index (χ0v) is 9.91. The highest BCUT2D eigenvalue weighted by Gasteiger charge is 2.27. The van der Waals surface area contributed by atoms with Crippen molar-refractivity contribution < 1.29 is 27.8 Å². The third-order valence-electron chi connectivity index (χ3n) is 2.90. The smallest absolute Gasteiger partial charge is 0.257 e. The maximum atomic E-state index is 13.5. The molecule has 1 aliphatic heterocycles. The van der Waals surface area contributed by atoms with Crippen molar-refractivity contribution in [2.24, 2.45) is 0 Å². The highest BCUT2D eigenvalue weighted by atomic mass is 19.2. The molecule has 1 aromatic rings. The van der Waals surface area contributed by atoms with Crippen molar-refractivity contribution in [3.05, 3.63) is 35.1 Å². The molecule has 0 radical (unpaired) electrons. The van der Waals surface area contributed by atoms with E-state index in [2.05, 4.69) is 0 Å². The molecule has 104 valence electrons. The Morgan fingerprint density at radius 1 is 1.37 bits per heavy atom. The Hall–Kier alpha value is -1.60. The molecule has 0 aliphatic carbocycles. The molecule has 4 nitrogen and oxygen atoms in total. The third kappa shape index (κ3) is 2.71. The summed E-state index contributed by atoms with van der Waals surface area (Å²) < 4.78 is 44.5. The van der Waals surface area contributed by atoms with Crippen LogP contribution in [-0.2, 0) is 4.74 Å². The number of hydrogen-bond acceptors (Lipinski definition) is 3. The summed E-state index contributed by atoms with van der Waals surface area (Å²) in [5.41, 5.74) is -0.530. The Labute approximate surface area is 107 Å². The second-order valence-corrected chi connectivity index (χ2v) is 4.15. The molecular weight excluding hydrogens is 263 g/mol. The number of morpholine rings is 1. The molecule has 1 saturated heterocycles. The average Bonchev–Trinajstić information content (AvgIpc) is 2.44. The van der Waals surface area contributed by atoms with Gasteiger partial charge < -0.3 is 14.7 Å². The van der Waals surface area contributed by atoms with Gasteiger partial charge in [-0.2, -0.15) is 0 Å². The molecule has 1 amide bonds. The number of aliphatic hydroxyl groups excluding tert-OH is 1. The van der Waals surface area contributed by atoms with Gasteiger partial charge in [0.05, 0.1) is 24.9 Å². The molecule has 1 aliphatic rings. The van der Waals surface area contributed by atoms with Crippen molar-refractivity contribution in [2.45, 2.75) is 6.10 Å². The summed E-state index contributed by atoms with van der Waals surface area (Å²) in [6.07, 6.45) is -0.550. The lowest BCUT2D eigenvalue weighted by Crippen LogP contribution is -2.47. The molecule has 0 saturated carbocycles. The van der Waals surface area contributed by atoms with Crippen LogP contribution >= 0.6 is 0 Å². The van der Waals surface area contributed by atoms with Gasteiger partial charge in [-0.25, -0.2) is 13.2 Å². The number of hydrogen-bond donors (Lipinski definition) is 1. The van der Waals surface area contributed by atoms with Crippen molar-refractivity contribution in [1.82, 2.24) is 4.90 Å². The summed E-state index contributed by atoms with van der Waals surface area (Å²) in [6, 6.07) is 1.61. The minimum Gasteiger partial charge on any atom is -0.394 e. The molecule has 2 rings (SSSR count). The van der Waals surface area contributed by atoms with E-state index < -0.39 is 35.0 Å². The van der Waals surface area contributed by atoms with Crippen molar-refractivity contribution in [2.75, 3.05) is 26.3 Å². The van der Waals surface area contributed by atoms with E-state index in [1.54, 1.807) is 0 Å². The molecule has 0 aromatic heterocycles. The summed E-state index contributed by atoms with van der Waals surface area (Å²) in [7, 11) is 0. The number of nitrogens with zero attached hydrogens (tertiary/aromatic N) is 1. The van der Waals surface area contributed by atoms with Crippen LogP contribution in [0.4, 0.5) is 13.2 Å². The maximum absolute atomic E-state index is 13.5. The molecular formula is C12H12F3NO3. The van der Waals surface area contributed by atoms with Crippen molar-refractivity contribution in [1.29, 1.82) is 0 Å². The zero-order chi connectivity index (χ0) is 14.0. The van der Waals surface area contributed by atoms with Gasteiger partial charge in [-0.05, 0) is 12.1 Å². The van der Waals surface area contributed by atoms with Gasteiger partial charge in [0.15, 0.2) is 17.5 Å². The van der Waals surface area contributed by atoms with E-state index in [0.29, 0.717) is 6.07 Å². The molecule has 1 fully saturated rings. The van der Waals surface area contributed by atoms with Crippen LogP contribution in [0.1, 0.15) is 10.4 Å². The fourth-order valence-electron chi connectivity index (χ4n) is 1.88. The van der Waals surface area contributed by atoms with Crippen LogP contribution in [0.15, 0.2) is 12.1 Å². The highest BCUT2D eigenvalue weighted by molar-refractivity contribution is 5.94. The number of amides is 1. The van der Waals surface area contributed by atoms with Crippen LogP contribution in [0.3, 0.4) is 0 Å². The Balaban J connectivity index is 2.22. The van der Waals surface area contributed by atoms with Crippen LogP contribution in [0.25, 0.3) is 0 Å². The van der Waals surface area contributed by atoms with Gasteiger partial charge in [0, 0.05) is 13.1 Å². The van der Waals surface area contributed by atoms with Crippen LogP contribution in [0, 0.1) is 17.5 Å². The number of halogens is 3. The fraction of sp³-hybridized carbons (Fsp3) is 0.417. The maximum Gasteiger partial charge on any atom is 0.257 e. The predicted octanol–water partition coefficient (Wildman–Crippen LogP) is 0.937. The summed E-state index contributed by atoms with van der Waals surface area (Å²) >= 11 is 0. The average molecular weight is 275 g/mol. The van der Waals surface area contributed by atoms with Crippen molar-refractivity contribution >= 4 is 5.91 Å². The van der Waals surface area contributed by atoms with Crippen LogP contribution < -0.4 is 0 Å². The van der Waals surface area contributed by atoms with E-state index in [-0.39, 0.29) is 26.3 Å². The largest absolute Gasteiger partial charge is 0.394 e. The SMILES string of the molecule is O=C(c1ccc(F)c(F)c1F)N1CCOC(CO)C1. The Morgan fingerprint density at radius 2 is 2.11 bits per heavy atom. The molecule has 0 spiro atoms. The summed E-state index contributed by atoms with van der Waals surface area (Å²) in [5, 5.41) is 8.95. The third-order valence-corrected chi connectivity index (χ3v) is 2.90. The van der Waals surface area contributed by atoms with Gasteiger partial charge in [-0.3, -0.25) is 4.79 Å². The monoisotopic (exact) mass is 275 g/mol. The highest BCUT2D eigenvalue weighted by Crippen LogP contribution is 2.18. The van der Waals surface area contributed by atoms with Crippen LogP contribution in [0.2, 0.25) is 0 Å². The second-order valence-electron chi connectivity index (χ2n) is 4.15. The standard InChI is InChI=1S/C12H12F3NO3/c13-9-2-1-8(10(14)11(9)15)12(18)16-3-4-19-7(5-16)6-17/h1-2,7,17H,3-6H2. The lowest BCUT2D eigenvalue weighted by Gasteiger charge is -2.32. The molecule has 1 N–H and O–H groups in total. The van der Waals surface area contributed by atoms with E-state index in [4.69, 9.17) is 9.84 Å². The Kier molecular flexibility index (Phi) is 4.06. The molecule has 1 atom stereocenters. The van der Waals surface area contributed by atoms with Crippen molar-refractivity contribution in [3.63, 3.8) is 0 Å². The topological polar surface area (TPSA) is 49.8 Å². The lowest BCUT2D eigenvalue weighted by atomic mass is 10.1. The Morgan fingerprint density at radius 3 is 2.79 bits per heavy atom. The number of carbonyl (C=O) groups is 1. The first-order valence-corrected chi connectivity index (χ1v) is 5.69. The van der Waals surface area contributed by atoms with Crippen LogP contribution in [-0.4, -0.2) is 48.3 Å². The quantitative estimate of drug-likeness (QED) is 0.817. The number of benzene rings is 1. The normalized spacial score (nSPS) is 19.6. The first-order chi connectivity index (χ1) is 9.04. The fourth-order valence-corrected chi connectivity index (χ4v) is 1.88. The predicted molar refractivity (Wildman–Crippen MR) is 59.0 cm³/mol. The molecule has 1 unspecified atom stereocenters. The molecule has 1 aromatic carbocycles. The number of ether oxygens (including phenoxy) is 1.